The van der Waals surface area contributed by atoms with Gasteiger partial charge in [-0.25, -0.2) is 0 Å². The van der Waals surface area contributed by atoms with Gasteiger partial charge in [0.2, 0.25) is 5.91 Å². The van der Waals surface area contributed by atoms with Gasteiger partial charge in [-0.3, -0.25) is 4.79 Å². The molecule has 12 unspecified atom stereocenters. The zero-order valence-electron chi connectivity index (χ0n) is 41.9. The molecule has 2 fully saturated rings. The van der Waals surface area contributed by atoms with Crippen LogP contribution in [0.25, 0.3) is 0 Å². The number of rotatable bonds is 42. The van der Waals surface area contributed by atoms with Gasteiger partial charge in [0.15, 0.2) is 12.6 Å². The quantitative estimate of drug-likeness (QED) is 0.0211. The van der Waals surface area contributed by atoms with E-state index in [1.165, 1.54) is 148 Å². The van der Waals surface area contributed by atoms with Gasteiger partial charge in [0.25, 0.3) is 0 Å². The van der Waals surface area contributed by atoms with Crippen LogP contribution in [0.4, 0.5) is 0 Å². The Hall–Kier alpha value is -1.53. The molecule has 0 spiro atoms. The number of hydrogen-bond acceptors (Lipinski definition) is 13. The minimum atomic E-state index is -1.79. The summed E-state index contributed by atoms with van der Waals surface area (Å²) in [6.07, 6.45) is 28.0. The molecule has 0 bridgehead atoms. The van der Waals surface area contributed by atoms with E-state index in [9.17, 15) is 45.6 Å². The van der Waals surface area contributed by atoms with Crippen molar-refractivity contribution >= 4 is 5.91 Å². The van der Waals surface area contributed by atoms with E-state index < -0.39 is 86.8 Å². The van der Waals surface area contributed by atoms with Gasteiger partial charge >= 0.3 is 0 Å². The van der Waals surface area contributed by atoms with Gasteiger partial charge in [0, 0.05) is 6.42 Å². The van der Waals surface area contributed by atoms with Crippen LogP contribution in [0.15, 0.2) is 24.3 Å². The fraction of sp³-hybridized carbons (Fsp3) is 0.906. The summed E-state index contributed by atoms with van der Waals surface area (Å²) in [5.74, 6) is -0.250. The van der Waals surface area contributed by atoms with Crippen LogP contribution in [0.5, 0.6) is 0 Å². The highest BCUT2D eigenvalue weighted by Gasteiger charge is 2.51. The Bertz CT molecular complexity index is 1220. The molecule has 0 radical (unpaired) electrons. The number of unbranched alkanes of at least 4 members (excludes halogenated alkanes) is 27. The monoisotopic (exact) mass is 958 g/mol. The first-order valence-corrected chi connectivity index (χ1v) is 27.1. The van der Waals surface area contributed by atoms with Crippen molar-refractivity contribution in [3.63, 3.8) is 0 Å². The molecule has 14 heteroatoms. The molecule has 0 aromatic rings. The molecule has 2 saturated heterocycles. The van der Waals surface area contributed by atoms with Gasteiger partial charge in [-0.1, -0.05) is 199 Å². The number of carbonyl (C=O) groups excluding carboxylic acids is 1. The summed E-state index contributed by atoms with van der Waals surface area (Å²) in [6.45, 7) is 2.77. The molecule has 2 aliphatic rings. The molecule has 14 nitrogen and oxygen atoms in total. The highest BCUT2D eigenvalue weighted by molar-refractivity contribution is 5.76. The fourth-order valence-corrected chi connectivity index (χ4v) is 8.95. The summed E-state index contributed by atoms with van der Waals surface area (Å²) in [6, 6.07) is -0.925. The Morgan fingerprint density at radius 2 is 0.955 bits per heavy atom. The second-order valence-corrected chi connectivity index (χ2v) is 19.4. The lowest BCUT2D eigenvalue weighted by Gasteiger charge is -2.46. The van der Waals surface area contributed by atoms with Gasteiger partial charge in [-0.15, -0.1) is 0 Å². The summed E-state index contributed by atoms with van der Waals surface area (Å²) in [5.41, 5.74) is 0. The van der Waals surface area contributed by atoms with Crippen molar-refractivity contribution in [1.29, 1.82) is 0 Å². The number of amides is 1. The molecule has 0 aromatic heterocycles. The SMILES string of the molecule is CCCCCCCCCCCCCCCCCC/C=C/CC/C=C/C(O)C(COC1OC(CO)C(OC2OC(CO)C(O)C(O)C2O)C(O)C1O)NC(=O)CCCCCCCCCCCCC. The van der Waals surface area contributed by atoms with Crippen molar-refractivity contribution < 1.29 is 64.6 Å². The molecule has 2 heterocycles. The van der Waals surface area contributed by atoms with E-state index in [1.807, 2.05) is 6.08 Å². The first kappa shape index (κ1) is 61.6. The number of aliphatic hydroxyl groups is 8. The van der Waals surface area contributed by atoms with Gasteiger partial charge < -0.3 is 65.1 Å². The number of allylic oxidation sites excluding steroid dienone is 3. The maximum Gasteiger partial charge on any atom is 0.220 e. The first-order chi connectivity index (χ1) is 32.6. The van der Waals surface area contributed by atoms with E-state index in [0.29, 0.717) is 12.8 Å². The number of nitrogens with one attached hydrogen (secondary N) is 1. The standard InChI is InChI=1S/C53H99NO13/c1-3-5-7-9-11-13-15-16-17-18-19-20-21-22-23-24-25-27-28-30-32-34-36-42(57)41(54-45(58)37-35-33-31-29-26-14-12-10-8-6-4-2)40-64-52-50(63)48(61)51(44(39-56)66-52)67-53-49(62)47(60)46(59)43(38-55)65-53/h27-28,34,36,41-44,46-53,55-57,59-63H,3-26,29-33,35,37-40H2,1-2H3,(H,54,58)/b28-27+,36-34+. The Balaban J connectivity index is 1.81. The van der Waals surface area contributed by atoms with Gasteiger partial charge in [-0.2, -0.15) is 0 Å². The molecule has 394 valence electrons. The average molecular weight is 958 g/mol. The predicted molar refractivity (Wildman–Crippen MR) is 263 cm³/mol. The third-order valence-electron chi connectivity index (χ3n) is 13.4. The summed E-state index contributed by atoms with van der Waals surface area (Å²) >= 11 is 0. The van der Waals surface area contributed by atoms with Gasteiger partial charge in [0.1, 0.15) is 48.8 Å². The minimum absolute atomic E-state index is 0.250. The van der Waals surface area contributed by atoms with Crippen LogP contribution in [0.3, 0.4) is 0 Å². The number of ether oxygens (including phenoxy) is 4. The molecule has 2 rings (SSSR count). The fourth-order valence-electron chi connectivity index (χ4n) is 8.95. The van der Waals surface area contributed by atoms with Crippen LogP contribution >= 0.6 is 0 Å². The second-order valence-electron chi connectivity index (χ2n) is 19.4. The Labute approximate surface area is 405 Å². The van der Waals surface area contributed by atoms with Crippen molar-refractivity contribution in [3.05, 3.63) is 24.3 Å². The third-order valence-corrected chi connectivity index (χ3v) is 13.4. The van der Waals surface area contributed by atoms with E-state index in [-0.39, 0.29) is 18.9 Å². The zero-order chi connectivity index (χ0) is 48.9. The molecule has 0 saturated carbocycles. The summed E-state index contributed by atoms with van der Waals surface area (Å²) in [4.78, 5) is 13.1. The predicted octanol–water partition coefficient (Wildman–Crippen LogP) is 7.72. The Morgan fingerprint density at radius 3 is 1.46 bits per heavy atom. The molecule has 12 atom stereocenters. The molecule has 1 amide bonds. The average Bonchev–Trinajstić information content (AvgIpc) is 3.32. The van der Waals surface area contributed by atoms with Gasteiger partial charge in [0.05, 0.1) is 32.0 Å². The van der Waals surface area contributed by atoms with E-state index in [2.05, 4.69) is 31.3 Å². The van der Waals surface area contributed by atoms with Crippen LogP contribution in [0.2, 0.25) is 0 Å². The van der Waals surface area contributed by atoms with E-state index in [1.54, 1.807) is 6.08 Å². The van der Waals surface area contributed by atoms with Crippen molar-refractivity contribution in [3.8, 4) is 0 Å². The number of carbonyl (C=O) groups is 1. The maximum absolute atomic E-state index is 13.1. The topological polar surface area (TPSA) is 228 Å². The summed E-state index contributed by atoms with van der Waals surface area (Å²) in [5, 5.41) is 86.7. The molecule has 67 heavy (non-hydrogen) atoms. The normalized spacial score (nSPS) is 26.7. The lowest BCUT2D eigenvalue weighted by molar-refractivity contribution is -0.359. The highest BCUT2D eigenvalue weighted by atomic mass is 16.7. The van der Waals surface area contributed by atoms with Crippen LogP contribution < -0.4 is 5.32 Å². The lowest BCUT2D eigenvalue weighted by Crippen LogP contribution is -2.65. The molecule has 2 aliphatic heterocycles. The molecular weight excluding hydrogens is 859 g/mol. The van der Waals surface area contributed by atoms with Crippen molar-refractivity contribution in [1.82, 2.24) is 5.32 Å². The van der Waals surface area contributed by atoms with Crippen LogP contribution in [0.1, 0.15) is 213 Å². The van der Waals surface area contributed by atoms with Crippen molar-refractivity contribution in [2.75, 3.05) is 19.8 Å². The molecule has 0 aliphatic carbocycles. The smallest absolute Gasteiger partial charge is 0.220 e. The van der Waals surface area contributed by atoms with Crippen LogP contribution in [0, 0.1) is 0 Å². The second kappa shape index (κ2) is 40.1. The lowest BCUT2D eigenvalue weighted by atomic mass is 9.97. The largest absolute Gasteiger partial charge is 0.394 e. The molecular formula is C53H99NO13. The van der Waals surface area contributed by atoms with Crippen LogP contribution in [-0.2, 0) is 23.7 Å². The van der Waals surface area contributed by atoms with E-state index in [4.69, 9.17) is 18.9 Å². The number of hydrogen-bond donors (Lipinski definition) is 9. The van der Waals surface area contributed by atoms with E-state index >= 15 is 0 Å². The third kappa shape index (κ3) is 27.0. The Kier molecular flexibility index (Phi) is 36.9. The van der Waals surface area contributed by atoms with Crippen molar-refractivity contribution in [2.45, 2.75) is 286 Å². The first-order valence-electron chi connectivity index (χ1n) is 27.1. The molecule has 0 aromatic carbocycles. The minimum Gasteiger partial charge on any atom is -0.394 e. The van der Waals surface area contributed by atoms with E-state index in [0.717, 1.165) is 32.1 Å². The van der Waals surface area contributed by atoms with Crippen molar-refractivity contribution in [2.24, 2.45) is 0 Å². The highest BCUT2D eigenvalue weighted by Crippen LogP contribution is 2.30. The van der Waals surface area contributed by atoms with Gasteiger partial charge in [-0.05, 0) is 32.1 Å². The zero-order valence-corrected chi connectivity index (χ0v) is 41.9. The number of aliphatic hydroxyl groups excluding tert-OH is 8. The summed E-state index contributed by atoms with van der Waals surface area (Å²) in [7, 11) is 0. The van der Waals surface area contributed by atoms with Crippen LogP contribution in [-0.4, -0.2) is 140 Å². The summed E-state index contributed by atoms with van der Waals surface area (Å²) < 4.78 is 22.7. The maximum atomic E-state index is 13.1. The Morgan fingerprint density at radius 1 is 0.522 bits per heavy atom. The molecule has 9 N–H and O–H groups in total.